The van der Waals surface area contributed by atoms with Crippen LogP contribution in [0.1, 0.15) is 64.6 Å². The Kier molecular flexibility index (Phi) is 8.46. The number of benzene rings is 1. The molecule has 35 heavy (non-hydrogen) atoms. The molecule has 1 aliphatic heterocycles. The summed E-state index contributed by atoms with van der Waals surface area (Å²) in [6.07, 6.45) is 9.45. The minimum Gasteiger partial charge on any atom is -0.497 e. The molecule has 9 nitrogen and oxygen atoms in total. The standard InChI is InChI=1S/C25H31N5O4S/c1-34-20-11-9-19(10-12-20)27-22(32)23-28-29-24(35-23)25(33)30-15-5-8-18(16-30)21(31)26-14-13-17-6-3-2-4-7-17/h6,9-12,18H,2-5,7-8,13-16H2,1H3,(H,26,31)(H,27,32)/t18-/m0/s1. The summed E-state index contributed by atoms with van der Waals surface area (Å²) in [6, 6.07) is 6.91. The van der Waals surface area contributed by atoms with Crippen LogP contribution in [0.4, 0.5) is 5.69 Å². The molecule has 2 heterocycles. The summed E-state index contributed by atoms with van der Waals surface area (Å²) in [4.78, 5) is 39.9. The van der Waals surface area contributed by atoms with Crippen LogP contribution in [0, 0.1) is 5.92 Å². The number of hydrogen-bond acceptors (Lipinski definition) is 7. The SMILES string of the molecule is COc1ccc(NC(=O)c2nnc(C(=O)N3CCC[C@H](C(=O)NCCC4=CCCCC4)C3)s2)cc1. The lowest BCUT2D eigenvalue weighted by atomic mass is 9.96. The monoisotopic (exact) mass is 497 g/mol. The molecule has 0 saturated carbocycles. The number of piperidine rings is 1. The Morgan fingerprint density at radius 1 is 1.11 bits per heavy atom. The number of nitrogens with one attached hydrogen (secondary N) is 2. The van der Waals surface area contributed by atoms with Crippen molar-refractivity contribution >= 4 is 34.7 Å². The first-order valence-electron chi connectivity index (χ1n) is 12.1. The van der Waals surface area contributed by atoms with Gasteiger partial charge in [-0.05, 0) is 69.2 Å². The van der Waals surface area contributed by atoms with Crippen molar-refractivity contribution in [2.24, 2.45) is 5.92 Å². The number of rotatable bonds is 8. The summed E-state index contributed by atoms with van der Waals surface area (Å²) in [6.45, 7) is 1.54. The number of amides is 3. The van der Waals surface area contributed by atoms with E-state index in [9.17, 15) is 14.4 Å². The van der Waals surface area contributed by atoms with Crippen LogP contribution in [0.2, 0.25) is 0 Å². The molecule has 1 aromatic heterocycles. The Bertz CT molecular complexity index is 1080. The summed E-state index contributed by atoms with van der Waals surface area (Å²) in [5, 5.41) is 13.9. The van der Waals surface area contributed by atoms with Crippen LogP contribution in [0.3, 0.4) is 0 Å². The van der Waals surface area contributed by atoms with E-state index < -0.39 is 5.91 Å². The van der Waals surface area contributed by atoms with Crippen LogP contribution in [0.5, 0.6) is 5.75 Å². The fraction of sp³-hybridized carbons (Fsp3) is 0.480. The fourth-order valence-electron chi connectivity index (χ4n) is 4.39. The number of ether oxygens (including phenoxy) is 1. The maximum absolute atomic E-state index is 13.0. The largest absolute Gasteiger partial charge is 0.497 e. The van der Waals surface area contributed by atoms with Gasteiger partial charge in [0.15, 0.2) is 0 Å². The fourth-order valence-corrected chi connectivity index (χ4v) is 5.10. The quantitative estimate of drug-likeness (QED) is 0.538. The van der Waals surface area contributed by atoms with Crippen molar-refractivity contribution in [2.75, 3.05) is 32.1 Å². The van der Waals surface area contributed by atoms with Crippen LogP contribution in [-0.2, 0) is 4.79 Å². The van der Waals surface area contributed by atoms with E-state index in [0.717, 1.165) is 43.4 Å². The molecule has 186 valence electrons. The van der Waals surface area contributed by atoms with Crippen molar-refractivity contribution in [3.05, 3.63) is 45.9 Å². The van der Waals surface area contributed by atoms with Crippen LogP contribution < -0.4 is 15.4 Å². The molecule has 0 spiro atoms. The first-order chi connectivity index (χ1) is 17.0. The molecular formula is C25H31N5O4S. The van der Waals surface area contributed by atoms with Gasteiger partial charge in [-0.25, -0.2) is 0 Å². The zero-order valence-corrected chi connectivity index (χ0v) is 20.7. The van der Waals surface area contributed by atoms with E-state index in [1.165, 1.54) is 18.4 Å². The van der Waals surface area contributed by atoms with Crippen molar-refractivity contribution in [3.63, 3.8) is 0 Å². The van der Waals surface area contributed by atoms with Crippen LogP contribution in [-0.4, -0.2) is 59.6 Å². The van der Waals surface area contributed by atoms with Gasteiger partial charge in [-0.1, -0.05) is 23.0 Å². The van der Waals surface area contributed by atoms with Gasteiger partial charge in [-0.2, -0.15) is 0 Å². The summed E-state index contributed by atoms with van der Waals surface area (Å²) in [5.74, 6) is -0.289. The van der Waals surface area contributed by atoms with Crippen molar-refractivity contribution < 1.29 is 19.1 Å². The van der Waals surface area contributed by atoms with Gasteiger partial charge in [0.25, 0.3) is 11.8 Å². The normalized spacial score (nSPS) is 17.9. The smallest absolute Gasteiger partial charge is 0.286 e. The van der Waals surface area contributed by atoms with Gasteiger partial charge in [0.05, 0.1) is 13.0 Å². The van der Waals surface area contributed by atoms with E-state index in [0.29, 0.717) is 31.1 Å². The number of anilines is 1. The minimum absolute atomic E-state index is 0.00395. The third-order valence-electron chi connectivity index (χ3n) is 6.36. The number of carbonyl (C=O) groups is 3. The molecule has 2 aliphatic rings. The highest BCUT2D eigenvalue weighted by Gasteiger charge is 2.30. The maximum atomic E-state index is 13.0. The molecule has 1 saturated heterocycles. The Morgan fingerprint density at radius 2 is 1.91 bits per heavy atom. The van der Waals surface area contributed by atoms with Gasteiger partial charge in [-0.3, -0.25) is 14.4 Å². The molecule has 1 aromatic carbocycles. The molecule has 10 heteroatoms. The number of hydrogen-bond donors (Lipinski definition) is 2. The first kappa shape index (κ1) is 24.8. The topological polar surface area (TPSA) is 114 Å². The highest BCUT2D eigenvalue weighted by atomic mass is 32.1. The van der Waals surface area contributed by atoms with Gasteiger partial charge < -0.3 is 20.3 Å². The summed E-state index contributed by atoms with van der Waals surface area (Å²) in [5.41, 5.74) is 2.02. The predicted octanol–water partition coefficient (Wildman–Crippen LogP) is 3.66. The number of likely N-dealkylation sites (tertiary alicyclic amines) is 1. The van der Waals surface area contributed by atoms with Gasteiger partial charge in [0.1, 0.15) is 5.75 Å². The summed E-state index contributed by atoms with van der Waals surface area (Å²) in [7, 11) is 1.57. The molecule has 4 rings (SSSR count). The highest BCUT2D eigenvalue weighted by molar-refractivity contribution is 7.15. The molecule has 0 radical (unpaired) electrons. The van der Waals surface area contributed by atoms with Gasteiger partial charge in [-0.15, -0.1) is 10.2 Å². The van der Waals surface area contributed by atoms with Gasteiger partial charge >= 0.3 is 0 Å². The lowest BCUT2D eigenvalue weighted by molar-refractivity contribution is -0.126. The van der Waals surface area contributed by atoms with Crippen molar-refractivity contribution in [2.45, 2.75) is 44.9 Å². The second kappa shape index (κ2) is 11.9. The third kappa shape index (κ3) is 6.66. The highest BCUT2D eigenvalue weighted by Crippen LogP contribution is 2.22. The van der Waals surface area contributed by atoms with Gasteiger partial charge in [0.2, 0.25) is 15.9 Å². The zero-order chi connectivity index (χ0) is 24.6. The van der Waals surface area contributed by atoms with Crippen LogP contribution >= 0.6 is 11.3 Å². The lowest BCUT2D eigenvalue weighted by Crippen LogP contribution is -2.45. The van der Waals surface area contributed by atoms with E-state index in [2.05, 4.69) is 26.9 Å². The van der Waals surface area contributed by atoms with Crippen LogP contribution in [0.25, 0.3) is 0 Å². The number of carbonyl (C=O) groups excluding carboxylic acids is 3. The Hall–Kier alpha value is -3.27. The molecule has 1 aliphatic carbocycles. The Balaban J connectivity index is 1.28. The zero-order valence-electron chi connectivity index (χ0n) is 19.9. The molecular weight excluding hydrogens is 466 g/mol. The molecule has 0 bridgehead atoms. The summed E-state index contributed by atoms with van der Waals surface area (Å²) < 4.78 is 5.11. The van der Waals surface area contributed by atoms with Crippen molar-refractivity contribution in [1.29, 1.82) is 0 Å². The predicted molar refractivity (Wildman–Crippen MR) is 134 cm³/mol. The number of nitrogens with zero attached hydrogens (tertiary/aromatic N) is 3. The van der Waals surface area contributed by atoms with Crippen molar-refractivity contribution in [3.8, 4) is 5.75 Å². The molecule has 3 amide bonds. The number of aromatic nitrogens is 2. The molecule has 1 atom stereocenters. The minimum atomic E-state index is -0.435. The van der Waals surface area contributed by atoms with E-state index >= 15 is 0 Å². The van der Waals surface area contributed by atoms with E-state index in [1.54, 1.807) is 36.3 Å². The van der Waals surface area contributed by atoms with Crippen LogP contribution in [0.15, 0.2) is 35.9 Å². The molecule has 0 unspecified atom stereocenters. The van der Waals surface area contributed by atoms with E-state index in [-0.39, 0.29) is 27.7 Å². The number of methoxy groups -OCH3 is 1. The maximum Gasteiger partial charge on any atom is 0.286 e. The molecule has 2 aromatic rings. The van der Waals surface area contributed by atoms with E-state index in [1.807, 2.05) is 0 Å². The Labute approximate surface area is 208 Å². The lowest BCUT2D eigenvalue weighted by Gasteiger charge is -2.31. The van der Waals surface area contributed by atoms with Crippen molar-refractivity contribution in [1.82, 2.24) is 20.4 Å². The molecule has 1 fully saturated rings. The summed E-state index contributed by atoms with van der Waals surface area (Å²) >= 11 is 0.952. The average Bonchev–Trinajstić information content (AvgIpc) is 3.40. The molecule has 2 N–H and O–H groups in total. The number of allylic oxidation sites excluding steroid dienone is 1. The van der Waals surface area contributed by atoms with Gasteiger partial charge in [0, 0.05) is 25.3 Å². The average molecular weight is 498 g/mol. The first-order valence-corrected chi connectivity index (χ1v) is 12.9. The van der Waals surface area contributed by atoms with E-state index in [4.69, 9.17) is 4.74 Å². The Morgan fingerprint density at radius 3 is 2.66 bits per heavy atom. The second-order valence-electron chi connectivity index (χ2n) is 8.83. The third-order valence-corrected chi connectivity index (χ3v) is 7.27. The second-order valence-corrected chi connectivity index (χ2v) is 9.81.